The normalized spacial score (nSPS) is 17.5. The number of esters is 1. The molecule has 0 aliphatic carbocycles. The quantitative estimate of drug-likeness (QED) is 0.773. The van der Waals surface area contributed by atoms with Crippen LogP contribution in [0.5, 0.6) is 5.75 Å². The molecule has 7 heteroatoms. The summed E-state index contributed by atoms with van der Waals surface area (Å²) in [6.07, 6.45) is 5.34. The van der Waals surface area contributed by atoms with E-state index in [-0.39, 0.29) is 24.4 Å². The van der Waals surface area contributed by atoms with E-state index in [1.54, 1.807) is 17.9 Å². The summed E-state index contributed by atoms with van der Waals surface area (Å²) >= 11 is 0. The third kappa shape index (κ3) is 3.92. The molecule has 0 saturated carbocycles. The van der Waals surface area contributed by atoms with E-state index in [0.29, 0.717) is 31.1 Å². The largest absolute Gasteiger partial charge is 0.480 e. The zero-order valence-corrected chi connectivity index (χ0v) is 14.6. The lowest BCUT2D eigenvalue weighted by Gasteiger charge is -2.31. The zero-order chi connectivity index (χ0) is 17.8. The third-order valence-electron chi connectivity index (χ3n) is 4.31. The van der Waals surface area contributed by atoms with Crippen LogP contribution in [0.1, 0.15) is 25.5 Å². The minimum absolute atomic E-state index is 0.0683. The SMILES string of the molecule is CCOC(=O)C1CCCN(C(=O)COc2cccn3cc(C)nc23)C1. The number of pyridine rings is 1. The van der Waals surface area contributed by atoms with Gasteiger partial charge >= 0.3 is 5.97 Å². The van der Waals surface area contributed by atoms with Crippen LogP contribution in [0, 0.1) is 12.8 Å². The predicted molar refractivity (Wildman–Crippen MR) is 91.4 cm³/mol. The van der Waals surface area contributed by atoms with Crippen LogP contribution < -0.4 is 4.74 Å². The van der Waals surface area contributed by atoms with E-state index in [0.717, 1.165) is 18.5 Å². The number of likely N-dealkylation sites (tertiary alicyclic amines) is 1. The van der Waals surface area contributed by atoms with Gasteiger partial charge in [-0.2, -0.15) is 0 Å². The smallest absolute Gasteiger partial charge is 0.310 e. The number of aryl methyl sites for hydroxylation is 1. The van der Waals surface area contributed by atoms with Gasteiger partial charge in [0, 0.05) is 25.5 Å². The van der Waals surface area contributed by atoms with Crippen molar-refractivity contribution in [3.05, 3.63) is 30.2 Å². The number of aromatic nitrogens is 2. The van der Waals surface area contributed by atoms with E-state index < -0.39 is 0 Å². The van der Waals surface area contributed by atoms with Gasteiger partial charge in [-0.25, -0.2) is 4.98 Å². The summed E-state index contributed by atoms with van der Waals surface area (Å²) in [6, 6.07) is 3.65. The average molecular weight is 345 g/mol. The number of hydrogen-bond donors (Lipinski definition) is 0. The molecule has 1 unspecified atom stereocenters. The molecule has 1 atom stereocenters. The number of amides is 1. The van der Waals surface area contributed by atoms with E-state index in [1.165, 1.54) is 0 Å². The lowest BCUT2D eigenvalue weighted by molar-refractivity contribution is -0.151. The van der Waals surface area contributed by atoms with Crippen molar-refractivity contribution in [2.75, 3.05) is 26.3 Å². The van der Waals surface area contributed by atoms with E-state index in [1.807, 2.05) is 29.8 Å². The predicted octanol–water partition coefficient (Wildman–Crippen LogP) is 1.82. The second kappa shape index (κ2) is 7.55. The number of hydrogen-bond acceptors (Lipinski definition) is 5. The number of ether oxygens (including phenoxy) is 2. The highest BCUT2D eigenvalue weighted by Gasteiger charge is 2.29. The molecule has 0 radical (unpaired) electrons. The Balaban J connectivity index is 1.61. The number of carbonyl (C=O) groups is 2. The standard InChI is InChI=1S/C18H23N3O4/c1-3-24-18(23)14-6-4-8-20(11-14)16(22)12-25-15-7-5-9-21-10-13(2)19-17(15)21/h5,7,9-10,14H,3-4,6,8,11-12H2,1-2H3. The fraction of sp³-hybridized carbons (Fsp3) is 0.500. The van der Waals surface area contributed by atoms with Crippen molar-refractivity contribution < 1.29 is 19.1 Å². The molecule has 3 rings (SSSR count). The number of imidazole rings is 1. The lowest BCUT2D eigenvalue weighted by atomic mass is 9.98. The van der Waals surface area contributed by atoms with Gasteiger partial charge in [0.1, 0.15) is 0 Å². The molecule has 1 fully saturated rings. The van der Waals surface area contributed by atoms with Gasteiger partial charge in [-0.1, -0.05) is 0 Å². The summed E-state index contributed by atoms with van der Waals surface area (Å²) in [4.78, 5) is 30.4. The van der Waals surface area contributed by atoms with Crippen molar-refractivity contribution in [2.24, 2.45) is 5.92 Å². The highest BCUT2D eigenvalue weighted by atomic mass is 16.5. The summed E-state index contributed by atoms with van der Waals surface area (Å²) < 4.78 is 12.6. The van der Waals surface area contributed by atoms with Gasteiger partial charge in [-0.3, -0.25) is 9.59 Å². The van der Waals surface area contributed by atoms with Gasteiger partial charge in [0.2, 0.25) is 0 Å². The van der Waals surface area contributed by atoms with Gasteiger partial charge in [0.25, 0.3) is 5.91 Å². The summed E-state index contributed by atoms with van der Waals surface area (Å²) in [6.45, 7) is 5.03. The van der Waals surface area contributed by atoms with Crippen molar-refractivity contribution in [1.82, 2.24) is 14.3 Å². The maximum absolute atomic E-state index is 12.5. The average Bonchev–Trinajstić information content (AvgIpc) is 3.00. The third-order valence-corrected chi connectivity index (χ3v) is 4.31. The fourth-order valence-corrected chi connectivity index (χ4v) is 3.11. The van der Waals surface area contributed by atoms with Gasteiger partial charge in [0.15, 0.2) is 18.0 Å². The summed E-state index contributed by atoms with van der Waals surface area (Å²) in [5.41, 5.74) is 1.58. The first-order valence-electron chi connectivity index (χ1n) is 8.60. The Labute approximate surface area is 146 Å². The lowest BCUT2D eigenvalue weighted by Crippen LogP contribution is -2.44. The zero-order valence-electron chi connectivity index (χ0n) is 14.6. The van der Waals surface area contributed by atoms with Crippen molar-refractivity contribution in [3.8, 4) is 5.75 Å². The van der Waals surface area contributed by atoms with Gasteiger partial charge in [-0.05, 0) is 38.8 Å². The molecule has 0 spiro atoms. The molecule has 3 heterocycles. The minimum Gasteiger partial charge on any atom is -0.480 e. The van der Waals surface area contributed by atoms with Crippen LogP contribution in [0.2, 0.25) is 0 Å². The van der Waals surface area contributed by atoms with Crippen LogP contribution in [-0.2, 0) is 14.3 Å². The van der Waals surface area contributed by atoms with Crippen LogP contribution in [0.15, 0.2) is 24.5 Å². The minimum atomic E-state index is -0.240. The van der Waals surface area contributed by atoms with E-state index in [9.17, 15) is 9.59 Å². The molecular weight excluding hydrogens is 322 g/mol. The number of piperidine rings is 1. The van der Waals surface area contributed by atoms with Gasteiger partial charge < -0.3 is 18.8 Å². The number of carbonyl (C=O) groups excluding carboxylic acids is 2. The van der Waals surface area contributed by atoms with Crippen LogP contribution in [0.4, 0.5) is 0 Å². The first-order valence-corrected chi connectivity index (χ1v) is 8.60. The second-order valence-corrected chi connectivity index (χ2v) is 6.21. The highest BCUT2D eigenvalue weighted by Crippen LogP contribution is 2.20. The monoisotopic (exact) mass is 345 g/mol. The van der Waals surface area contributed by atoms with Crippen LogP contribution in [-0.4, -0.2) is 52.5 Å². The molecule has 2 aromatic heterocycles. The molecular formula is C18H23N3O4. The Bertz CT molecular complexity index is 771. The van der Waals surface area contributed by atoms with E-state index in [4.69, 9.17) is 9.47 Å². The highest BCUT2D eigenvalue weighted by molar-refractivity contribution is 5.80. The summed E-state index contributed by atoms with van der Waals surface area (Å²) in [5, 5.41) is 0. The number of nitrogens with zero attached hydrogens (tertiary/aromatic N) is 3. The fourth-order valence-electron chi connectivity index (χ4n) is 3.11. The molecule has 2 aromatic rings. The van der Waals surface area contributed by atoms with Crippen molar-refractivity contribution >= 4 is 17.5 Å². The number of rotatable bonds is 5. The molecule has 0 aromatic carbocycles. The van der Waals surface area contributed by atoms with E-state index >= 15 is 0 Å². The van der Waals surface area contributed by atoms with E-state index in [2.05, 4.69) is 4.98 Å². The molecule has 0 bridgehead atoms. The first kappa shape index (κ1) is 17.3. The van der Waals surface area contributed by atoms with Crippen LogP contribution in [0.25, 0.3) is 5.65 Å². The van der Waals surface area contributed by atoms with Crippen molar-refractivity contribution in [1.29, 1.82) is 0 Å². The maximum Gasteiger partial charge on any atom is 0.310 e. The van der Waals surface area contributed by atoms with Crippen LogP contribution >= 0.6 is 0 Å². The molecule has 0 N–H and O–H groups in total. The Hall–Kier alpha value is -2.57. The summed E-state index contributed by atoms with van der Waals surface area (Å²) in [5.74, 6) is -0.0169. The molecule has 25 heavy (non-hydrogen) atoms. The molecule has 134 valence electrons. The van der Waals surface area contributed by atoms with Crippen LogP contribution in [0.3, 0.4) is 0 Å². The summed E-state index contributed by atoms with van der Waals surface area (Å²) in [7, 11) is 0. The Morgan fingerprint density at radius 1 is 1.40 bits per heavy atom. The molecule has 1 aliphatic heterocycles. The maximum atomic E-state index is 12.5. The van der Waals surface area contributed by atoms with Gasteiger partial charge in [-0.15, -0.1) is 0 Å². The Morgan fingerprint density at radius 3 is 3.04 bits per heavy atom. The molecule has 1 aliphatic rings. The Kier molecular flexibility index (Phi) is 5.21. The Morgan fingerprint density at radius 2 is 2.24 bits per heavy atom. The van der Waals surface area contributed by atoms with Crippen molar-refractivity contribution in [3.63, 3.8) is 0 Å². The number of fused-ring (bicyclic) bond motifs is 1. The molecule has 7 nitrogen and oxygen atoms in total. The topological polar surface area (TPSA) is 73.1 Å². The van der Waals surface area contributed by atoms with Crippen molar-refractivity contribution in [2.45, 2.75) is 26.7 Å². The van der Waals surface area contributed by atoms with Gasteiger partial charge in [0.05, 0.1) is 18.2 Å². The second-order valence-electron chi connectivity index (χ2n) is 6.21. The molecule has 1 saturated heterocycles. The molecule has 1 amide bonds. The first-order chi connectivity index (χ1) is 12.1.